The maximum absolute atomic E-state index is 14.8. The number of anilines is 3. The first-order chi connectivity index (χ1) is 14.9. The Morgan fingerprint density at radius 3 is 2.90 bits per heavy atom. The van der Waals surface area contributed by atoms with E-state index in [4.69, 9.17) is 4.74 Å². The number of amides is 2. The van der Waals surface area contributed by atoms with Gasteiger partial charge in [-0.1, -0.05) is 0 Å². The van der Waals surface area contributed by atoms with Crippen LogP contribution in [0, 0.1) is 5.82 Å². The molecule has 12 heteroatoms. The third-order valence-electron chi connectivity index (χ3n) is 4.74. The van der Waals surface area contributed by atoms with Crippen molar-refractivity contribution in [1.82, 2.24) is 10.3 Å². The minimum Gasteiger partial charge on any atom is -0.442 e. The van der Waals surface area contributed by atoms with Gasteiger partial charge in [0.25, 0.3) is 0 Å². The summed E-state index contributed by atoms with van der Waals surface area (Å²) in [7, 11) is 0. The van der Waals surface area contributed by atoms with Crippen LogP contribution >= 0.6 is 11.3 Å². The lowest BCUT2D eigenvalue weighted by atomic mass is 10.2. The molecule has 1 fully saturated rings. The summed E-state index contributed by atoms with van der Waals surface area (Å²) in [6, 6.07) is 4.49. The topological polar surface area (TPSA) is 107 Å². The highest BCUT2D eigenvalue weighted by molar-refractivity contribution is 7.13. The predicted octanol–water partition coefficient (Wildman–Crippen LogP) is 1.83. The largest absolute Gasteiger partial charge is 0.442 e. The van der Waals surface area contributed by atoms with Crippen molar-refractivity contribution in [3.8, 4) is 0 Å². The predicted molar refractivity (Wildman–Crippen MR) is 113 cm³/mol. The van der Waals surface area contributed by atoms with Gasteiger partial charge in [0.05, 0.1) is 31.0 Å². The number of aldehydes is 1. The van der Waals surface area contributed by atoms with Gasteiger partial charge in [0.15, 0.2) is 6.29 Å². The fraction of sp³-hybridized carbons (Fsp3) is 0.316. The quantitative estimate of drug-likeness (QED) is 0.675. The number of halogens is 1. The second-order valence-corrected chi connectivity index (χ2v) is 7.75. The number of hydrogen-bond donors (Lipinski definition) is 1. The highest BCUT2D eigenvalue weighted by Crippen LogP contribution is 2.29. The molecular weight excluding hydrogens is 427 g/mol. The van der Waals surface area contributed by atoms with Gasteiger partial charge in [-0.2, -0.15) is 5.10 Å². The average molecular weight is 446 g/mol. The van der Waals surface area contributed by atoms with Crippen molar-refractivity contribution in [2.45, 2.75) is 13.0 Å². The Kier molecular flexibility index (Phi) is 5.80. The molecule has 31 heavy (non-hydrogen) atoms. The first-order valence-electron chi connectivity index (χ1n) is 9.45. The van der Waals surface area contributed by atoms with Crippen molar-refractivity contribution in [2.24, 2.45) is 5.10 Å². The average Bonchev–Trinajstić information content (AvgIpc) is 3.39. The van der Waals surface area contributed by atoms with Crippen LogP contribution in [0.1, 0.15) is 17.4 Å². The Morgan fingerprint density at radius 2 is 2.26 bits per heavy atom. The molecule has 0 radical (unpaired) electrons. The van der Waals surface area contributed by atoms with Crippen molar-refractivity contribution in [2.75, 3.05) is 41.0 Å². The molecule has 2 amide bonds. The van der Waals surface area contributed by atoms with Crippen LogP contribution in [0.4, 0.5) is 25.7 Å². The van der Waals surface area contributed by atoms with Gasteiger partial charge in [0.1, 0.15) is 24.0 Å². The number of benzene rings is 1. The Hall–Kier alpha value is -3.54. The third-order valence-corrected chi connectivity index (χ3v) is 5.61. The molecule has 1 saturated heterocycles. The minimum atomic E-state index is -0.587. The SMILES string of the molecule is CC(=O)NCC1CN(c2ccc(N3C=NN(c4nc(C=O)cs4)CC3)c(F)c2)C(=O)O1. The van der Waals surface area contributed by atoms with Crippen molar-refractivity contribution >= 4 is 52.5 Å². The molecule has 1 atom stereocenters. The molecule has 1 unspecified atom stereocenters. The fourth-order valence-electron chi connectivity index (χ4n) is 3.21. The van der Waals surface area contributed by atoms with E-state index < -0.39 is 18.0 Å². The van der Waals surface area contributed by atoms with Crippen LogP contribution in [0.15, 0.2) is 28.7 Å². The summed E-state index contributed by atoms with van der Waals surface area (Å²) in [4.78, 5) is 41.1. The van der Waals surface area contributed by atoms with Gasteiger partial charge in [-0.15, -0.1) is 11.3 Å². The maximum Gasteiger partial charge on any atom is 0.414 e. The van der Waals surface area contributed by atoms with Crippen molar-refractivity contribution in [1.29, 1.82) is 0 Å². The van der Waals surface area contributed by atoms with Crippen molar-refractivity contribution < 1.29 is 23.5 Å². The van der Waals surface area contributed by atoms with Gasteiger partial charge in [-0.05, 0) is 18.2 Å². The molecule has 162 valence electrons. The Morgan fingerprint density at radius 1 is 1.42 bits per heavy atom. The van der Waals surface area contributed by atoms with Gasteiger partial charge in [0, 0.05) is 18.8 Å². The molecule has 0 aliphatic carbocycles. The van der Waals surface area contributed by atoms with Crippen LogP contribution in [-0.4, -0.2) is 61.9 Å². The number of hydrazone groups is 1. The van der Waals surface area contributed by atoms with Gasteiger partial charge in [0.2, 0.25) is 11.0 Å². The van der Waals surface area contributed by atoms with E-state index in [9.17, 15) is 18.8 Å². The molecular formula is C19H19FN6O4S. The van der Waals surface area contributed by atoms with E-state index in [1.807, 2.05) is 0 Å². The molecule has 2 aromatic rings. The lowest BCUT2D eigenvalue weighted by Crippen LogP contribution is -2.38. The van der Waals surface area contributed by atoms with Crippen LogP contribution in [0.2, 0.25) is 0 Å². The second-order valence-electron chi connectivity index (χ2n) is 6.91. The molecule has 4 rings (SSSR count). The smallest absolute Gasteiger partial charge is 0.414 e. The van der Waals surface area contributed by atoms with E-state index in [-0.39, 0.29) is 19.0 Å². The van der Waals surface area contributed by atoms with Crippen LogP contribution < -0.4 is 20.1 Å². The first-order valence-corrected chi connectivity index (χ1v) is 10.3. The molecule has 0 bridgehead atoms. The number of rotatable bonds is 6. The maximum atomic E-state index is 14.8. The lowest BCUT2D eigenvalue weighted by molar-refractivity contribution is -0.119. The number of nitrogens with zero attached hydrogens (tertiary/aromatic N) is 5. The zero-order valence-electron chi connectivity index (χ0n) is 16.5. The first kappa shape index (κ1) is 20.7. The molecule has 3 heterocycles. The summed E-state index contributed by atoms with van der Waals surface area (Å²) >= 11 is 1.31. The number of aromatic nitrogens is 1. The van der Waals surface area contributed by atoms with Crippen LogP contribution in [-0.2, 0) is 9.53 Å². The zero-order chi connectivity index (χ0) is 22.0. The van der Waals surface area contributed by atoms with Crippen LogP contribution in [0.5, 0.6) is 0 Å². The highest BCUT2D eigenvalue weighted by Gasteiger charge is 2.33. The minimum absolute atomic E-state index is 0.201. The van der Waals surface area contributed by atoms with E-state index in [1.165, 1.54) is 35.6 Å². The summed E-state index contributed by atoms with van der Waals surface area (Å²) in [6.07, 6.45) is 1.09. The van der Waals surface area contributed by atoms with Crippen LogP contribution in [0.3, 0.4) is 0 Å². The van der Waals surface area contributed by atoms with Gasteiger partial charge in [-0.25, -0.2) is 19.2 Å². The number of carbonyl (C=O) groups is 3. The number of thiazole rings is 1. The van der Waals surface area contributed by atoms with E-state index in [1.54, 1.807) is 27.4 Å². The van der Waals surface area contributed by atoms with E-state index in [2.05, 4.69) is 15.4 Å². The van der Waals surface area contributed by atoms with E-state index in [0.29, 0.717) is 41.6 Å². The fourth-order valence-corrected chi connectivity index (χ4v) is 3.96. The molecule has 1 aromatic carbocycles. The standard InChI is InChI=1S/C19H19FN6O4S/c1-12(28)21-7-15-8-25(19(29)30-15)14-2-3-17(16(20)6-14)24-4-5-26(22-11-24)18-23-13(9-27)10-31-18/h2-3,6,9-11,15H,4-5,7-8H2,1H3,(H,21,28). The third kappa shape index (κ3) is 4.48. The summed E-state index contributed by atoms with van der Waals surface area (Å²) < 4.78 is 20.0. The van der Waals surface area contributed by atoms with E-state index >= 15 is 0 Å². The summed E-state index contributed by atoms with van der Waals surface area (Å²) in [5.74, 6) is -0.723. The number of ether oxygens (including phenoxy) is 1. The molecule has 2 aliphatic heterocycles. The van der Waals surface area contributed by atoms with Crippen molar-refractivity contribution in [3.05, 3.63) is 35.1 Å². The molecule has 10 nitrogen and oxygen atoms in total. The molecule has 2 aliphatic rings. The molecule has 1 aromatic heterocycles. The Bertz CT molecular complexity index is 1040. The monoisotopic (exact) mass is 446 g/mol. The summed E-state index contributed by atoms with van der Waals surface area (Å²) in [5.41, 5.74) is 1.04. The zero-order valence-corrected chi connectivity index (χ0v) is 17.3. The van der Waals surface area contributed by atoms with Gasteiger partial charge >= 0.3 is 6.09 Å². The van der Waals surface area contributed by atoms with Crippen LogP contribution in [0.25, 0.3) is 0 Å². The second kappa shape index (κ2) is 8.68. The Balaban J connectivity index is 1.43. The lowest BCUT2D eigenvalue weighted by Gasteiger charge is -2.29. The van der Waals surface area contributed by atoms with Gasteiger partial charge < -0.3 is 15.0 Å². The van der Waals surface area contributed by atoms with E-state index in [0.717, 1.165) is 0 Å². The molecule has 0 spiro atoms. The number of cyclic esters (lactones) is 1. The number of carbonyl (C=O) groups excluding carboxylic acids is 3. The molecule has 0 saturated carbocycles. The normalized spacial score (nSPS) is 18.3. The Labute approximate surface area is 180 Å². The molecule has 1 N–H and O–H groups in total. The number of nitrogens with one attached hydrogen (secondary N) is 1. The van der Waals surface area contributed by atoms with Crippen molar-refractivity contribution in [3.63, 3.8) is 0 Å². The number of hydrogen-bond acceptors (Lipinski definition) is 9. The summed E-state index contributed by atoms with van der Waals surface area (Å²) in [6.45, 7) is 2.72. The van der Waals surface area contributed by atoms with Gasteiger partial charge in [-0.3, -0.25) is 14.5 Å². The highest BCUT2D eigenvalue weighted by atomic mass is 32.1. The summed E-state index contributed by atoms with van der Waals surface area (Å²) in [5, 5.41) is 10.8.